The smallest absolute Gasteiger partial charge is 0.338 e. The summed E-state index contributed by atoms with van der Waals surface area (Å²) in [6.45, 7) is 0.124. The van der Waals surface area contributed by atoms with Crippen molar-refractivity contribution in [2.75, 3.05) is 32.2 Å². The lowest BCUT2D eigenvalue weighted by Gasteiger charge is -2.19. The molecule has 2 aliphatic heterocycles. The molecule has 4 rings (SSSR count). The first-order valence-electron chi connectivity index (χ1n) is 8.87. The highest BCUT2D eigenvalue weighted by Crippen LogP contribution is 2.38. The Labute approximate surface area is 175 Å². The van der Waals surface area contributed by atoms with Gasteiger partial charge in [0.1, 0.15) is 13.2 Å². The van der Waals surface area contributed by atoms with Crippen molar-refractivity contribution in [3.05, 3.63) is 52.0 Å². The molecule has 30 heavy (non-hydrogen) atoms. The zero-order chi connectivity index (χ0) is 21.4. The molecule has 3 amide bonds. The van der Waals surface area contributed by atoms with E-state index in [4.69, 9.17) is 25.8 Å². The number of carbonyl (C=O) groups excluding carboxylic acids is 4. The fourth-order valence-electron chi connectivity index (χ4n) is 3.08. The molecule has 0 radical (unpaired) electrons. The fourth-order valence-corrected chi connectivity index (χ4v) is 3.34. The van der Waals surface area contributed by atoms with Crippen LogP contribution in [0.25, 0.3) is 0 Å². The van der Waals surface area contributed by atoms with Crippen LogP contribution in [0.3, 0.4) is 0 Å². The number of carbonyl (C=O) groups is 4. The number of halogens is 1. The standard InChI is InChI=1S/C20H15ClN2O7/c1-23-18(25)12-3-2-11(8-13(12)19(23)26)22-16(24)9-30-20(27)10-6-14(21)17-15(7-10)28-4-5-29-17/h2-3,6-8H,4-5,9H2,1H3,(H,22,24). The van der Waals surface area contributed by atoms with Gasteiger partial charge in [0.25, 0.3) is 17.7 Å². The highest BCUT2D eigenvalue weighted by atomic mass is 35.5. The number of imide groups is 1. The third-order valence-electron chi connectivity index (χ3n) is 4.54. The van der Waals surface area contributed by atoms with Crippen molar-refractivity contribution in [1.82, 2.24) is 4.90 Å². The summed E-state index contributed by atoms with van der Waals surface area (Å²) in [5.41, 5.74) is 0.876. The van der Waals surface area contributed by atoms with Gasteiger partial charge in [-0.2, -0.15) is 0 Å². The van der Waals surface area contributed by atoms with Gasteiger partial charge in [0.2, 0.25) is 0 Å². The summed E-state index contributed by atoms with van der Waals surface area (Å²) < 4.78 is 15.8. The minimum Gasteiger partial charge on any atom is -0.486 e. The van der Waals surface area contributed by atoms with E-state index in [1.807, 2.05) is 0 Å². The van der Waals surface area contributed by atoms with Gasteiger partial charge in [-0.3, -0.25) is 19.3 Å². The van der Waals surface area contributed by atoms with Gasteiger partial charge in [0.05, 0.1) is 21.7 Å². The molecule has 0 saturated carbocycles. The van der Waals surface area contributed by atoms with Crippen LogP contribution in [0.2, 0.25) is 5.02 Å². The third kappa shape index (κ3) is 3.55. The Hall–Kier alpha value is -3.59. The van der Waals surface area contributed by atoms with Crippen molar-refractivity contribution < 1.29 is 33.4 Å². The zero-order valence-electron chi connectivity index (χ0n) is 15.7. The van der Waals surface area contributed by atoms with Crippen LogP contribution >= 0.6 is 11.6 Å². The maximum absolute atomic E-state index is 12.3. The number of nitrogens with zero attached hydrogens (tertiary/aromatic N) is 1. The van der Waals surface area contributed by atoms with Crippen molar-refractivity contribution in [3.63, 3.8) is 0 Å². The molecule has 0 spiro atoms. The second kappa shape index (κ2) is 7.68. The van der Waals surface area contributed by atoms with E-state index in [-0.39, 0.29) is 21.7 Å². The minimum absolute atomic E-state index is 0.113. The van der Waals surface area contributed by atoms with E-state index < -0.39 is 30.3 Å². The topological polar surface area (TPSA) is 111 Å². The lowest BCUT2D eigenvalue weighted by Crippen LogP contribution is -2.24. The summed E-state index contributed by atoms with van der Waals surface area (Å²) in [4.78, 5) is 49.3. The normalized spacial score (nSPS) is 14.4. The molecule has 2 aromatic carbocycles. The van der Waals surface area contributed by atoms with Crippen LogP contribution in [-0.2, 0) is 9.53 Å². The zero-order valence-corrected chi connectivity index (χ0v) is 16.4. The van der Waals surface area contributed by atoms with Crippen LogP contribution in [0.1, 0.15) is 31.1 Å². The molecular weight excluding hydrogens is 416 g/mol. The fraction of sp³-hybridized carbons (Fsp3) is 0.200. The monoisotopic (exact) mass is 430 g/mol. The van der Waals surface area contributed by atoms with Crippen LogP contribution < -0.4 is 14.8 Å². The maximum atomic E-state index is 12.3. The van der Waals surface area contributed by atoms with Gasteiger partial charge < -0.3 is 19.5 Å². The van der Waals surface area contributed by atoms with Crippen LogP contribution in [0.15, 0.2) is 30.3 Å². The van der Waals surface area contributed by atoms with E-state index in [0.717, 1.165) is 4.90 Å². The molecule has 2 heterocycles. The number of rotatable bonds is 4. The Morgan fingerprint density at radius 3 is 2.63 bits per heavy atom. The number of esters is 1. The van der Waals surface area contributed by atoms with Gasteiger partial charge in [-0.15, -0.1) is 0 Å². The molecule has 0 fully saturated rings. The van der Waals surface area contributed by atoms with Crippen molar-refractivity contribution in [2.24, 2.45) is 0 Å². The Balaban J connectivity index is 1.39. The second-order valence-electron chi connectivity index (χ2n) is 6.54. The largest absolute Gasteiger partial charge is 0.486 e. The lowest BCUT2D eigenvalue weighted by molar-refractivity contribution is -0.119. The lowest BCUT2D eigenvalue weighted by atomic mass is 10.1. The quantitative estimate of drug-likeness (QED) is 0.584. The van der Waals surface area contributed by atoms with E-state index >= 15 is 0 Å². The van der Waals surface area contributed by atoms with Gasteiger partial charge >= 0.3 is 5.97 Å². The SMILES string of the molecule is CN1C(=O)c2ccc(NC(=O)COC(=O)c3cc(Cl)c4c(c3)OCCO4)cc2C1=O. The summed E-state index contributed by atoms with van der Waals surface area (Å²) in [5.74, 6) is -1.55. The van der Waals surface area contributed by atoms with Gasteiger partial charge in [-0.25, -0.2) is 4.79 Å². The van der Waals surface area contributed by atoms with Crippen LogP contribution in [-0.4, -0.2) is 55.5 Å². The molecule has 0 aromatic heterocycles. The van der Waals surface area contributed by atoms with Crippen molar-refractivity contribution in [3.8, 4) is 11.5 Å². The molecule has 0 bridgehead atoms. The first-order valence-corrected chi connectivity index (χ1v) is 9.25. The first-order chi connectivity index (χ1) is 14.3. The average Bonchev–Trinajstić information content (AvgIpc) is 2.95. The van der Waals surface area contributed by atoms with E-state index in [0.29, 0.717) is 30.4 Å². The Kier molecular flexibility index (Phi) is 5.04. The molecule has 2 aromatic rings. The summed E-state index contributed by atoms with van der Waals surface area (Å²) in [6, 6.07) is 7.15. The molecule has 10 heteroatoms. The minimum atomic E-state index is -0.764. The van der Waals surface area contributed by atoms with E-state index in [2.05, 4.69) is 5.32 Å². The maximum Gasteiger partial charge on any atom is 0.338 e. The predicted octanol–water partition coefficient (Wildman–Crippen LogP) is 2.13. The summed E-state index contributed by atoms with van der Waals surface area (Å²) in [7, 11) is 1.38. The van der Waals surface area contributed by atoms with Crippen molar-refractivity contribution >= 4 is 41.0 Å². The summed E-state index contributed by atoms with van der Waals surface area (Å²) >= 11 is 6.09. The highest BCUT2D eigenvalue weighted by Gasteiger charge is 2.32. The van der Waals surface area contributed by atoms with Gasteiger partial charge in [0.15, 0.2) is 18.1 Å². The number of fused-ring (bicyclic) bond motifs is 2. The molecule has 0 aliphatic carbocycles. The van der Waals surface area contributed by atoms with Crippen molar-refractivity contribution in [2.45, 2.75) is 0 Å². The highest BCUT2D eigenvalue weighted by molar-refractivity contribution is 6.32. The third-order valence-corrected chi connectivity index (χ3v) is 4.82. The number of ether oxygens (including phenoxy) is 3. The number of anilines is 1. The van der Waals surface area contributed by atoms with Gasteiger partial charge in [-0.1, -0.05) is 11.6 Å². The first kappa shape index (κ1) is 19.7. The summed E-state index contributed by atoms with van der Waals surface area (Å²) in [5, 5.41) is 2.72. The van der Waals surface area contributed by atoms with Crippen LogP contribution in [0, 0.1) is 0 Å². The number of hydrogen-bond acceptors (Lipinski definition) is 7. The van der Waals surface area contributed by atoms with Gasteiger partial charge in [-0.05, 0) is 30.3 Å². The van der Waals surface area contributed by atoms with E-state index in [1.54, 1.807) is 0 Å². The molecule has 9 nitrogen and oxygen atoms in total. The molecule has 2 aliphatic rings. The van der Waals surface area contributed by atoms with E-state index in [9.17, 15) is 19.2 Å². The van der Waals surface area contributed by atoms with Gasteiger partial charge in [0, 0.05) is 12.7 Å². The molecule has 0 atom stereocenters. The Morgan fingerprint density at radius 1 is 1.10 bits per heavy atom. The van der Waals surface area contributed by atoms with E-state index in [1.165, 1.54) is 37.4 Å². The molecule has 0 unspecified atom stereocenters. The number of hydrogen-bond donors (Lipinski definition) is 1. The number of benzene rings is 2. The molecule has 154 valence electrons. The Bertz CT molecular complexity index is 1100. The second-order valence-corrected chi connectivity index (χ2v) is 6.94. The number of nitrogens with one attached hydrogen (secondary N) is 1. The van der Waals surface area contributed by atoms with Crippen LogP contribution in [0.4, 0.5) is 5.69 Å². The predicted molar refractivity (Wildman–Crippen MR) is 104 cm³/mol. The molecule has 1 N–H and O–H groups in total. The van der Waals surface area contributed by atoms with Crippen molar-refractivity contribution in [1.29, 1.82) is 0 Å². The van der Waals surface area contributed by atoms with Crippen LogP contribution in [0.5, 0.6) is 11.5 Å². The number of amides is 3. The molecule has 0 saturated heterocycles. The Morgan fingerprint density at radius 2 is 1.83 bits per heavy atom. The average molecular weight is 431 g/mol. The summed E-state index contributed by atoms with van der Waals surface area (Å²) in [6.07, 6.45) is 0. The molecular formula is C20H15ClN2O7.